The Hall–Kier alpha value is -2.61. The van der Waals surface area contributed by atoms with Crippen LogP contribution in [0.3, 0.4) is 0 Å². The Kier molecular flexibility index (Phi) is 7.75. The van der Waals surface area contributed by atoms with E-state index < -0.39 is 0 Å². The second-order valence-corrected chi connectivity index (χ2v) is 11.0. The highest BCUT2D eigenvalue weighted by molar-refractivity contribution is 6.43. The molecule has 2 fully saturated rings. The number of fused-ring (bicyclic) bond motifs is 1. The van der Waals surface area contributed by atoms with Gasteiger partial charge in [0.05, 0.1) is 33.2 Å². The van der Waals surface area contributed by atoms with Crippen molar-refractivity contribution in [1.29, 1.82) is 0 Å². The van der Waals surface area contributed by atoms with Crippen LogP contribution >= 0.6 is 23.2 Å². The summed E-state index contributed by atoms with van der Waals surface area (Å²) in [6.45, 7) is 9.02. The first-order valence-electron chi connectivity index (χ1n) is 13.0. The second-order valence-electron chi connectivity index (χ2n) is 10.2. The maximum atomic E-state index is 13.3. The molecule has 2 aliphatic rings. The summed E-state index contributed by atoms with van der Waals surface area (Å²) in [5, 5.41) is 0.650. The van der Waals surface area contributed by atoms with E-state index in [0.717, 1.165) is 43.8 Å². The van der Waals surface area contributed by atoms with Gasteiger partial charge >= 0.3 is 0 Å². The third-order valence-corrected chi connectivity index (χ3v) is 8.37. The predicted molar refractivity (Wildman–Crippen MR) is 147 cm³/mol. The summed E-state index contributed by atoms with van der Waals surface area (Å²) in [6, 6.07) is 13.7. The number of benzene rings is 2. The van der Waals surface area contributed by atoms with Gasteiger partial charge in [-0.25, -0.2) is 4.98 Å². The molecule has 0 saturated carbocycles. The molecule has 5 rings (SSSR count). The summed E-state index contributed by atoms with van der Waals surface area (Å²) < 4.78 is 2.32. The molecule has 2 aromatic carbocycles. The molecule has 0 aliphatic carbocycles. The number of imidazole rings is 1. The Morgan fingerprint density at radius 2 is 1.59 bits per heavy atom. The third kappa shape index (κ3) is 5.35. The number of amides is 2. The Balaban J connectivity index is 1.14. The van der Waals surface area contributed by atoms with Gasteiger partial charge in [0, 0.05) is 38.1 Å². The molecule has 3 heterocycles. The minimum atomic E-state index is -0.139. The van der Waals surface area contributed by atoms with Gasteiger partial charge in [-0.05, 0) is 64.0 Å². The lowest BCUT2D eigenvalue weighted by molar-refractivity contribution is -0.138. The first-order valence-corrected chi connectivity index (χ1v) is 13.8. The Bertz CT molecular complexity index is 1290. The van der Waals surface area contributed by atoms with E-state index in [4.69, 9.17) is 28.2 Å². The lowest BCUT2D eigenvalue weighted by atomic mass is 9.95. The fourth-order valence-electron chi connectivity index (χ4n) is 5.55. The summed E-state index contributed by atoms with van der Waals surface area (Å²) >= 11 is 12.3. The normalized spacial score (nSPS) is 17.6. The number of hydrogen-bond acceptors (Lipinski definition) is 4. The quantitative estimate of drug-likeness (QED) is 0.449. The van der Waals surface area contributed by atoms with Crippen molar-refractivity contribution in [3.8, 4) is 0 Å². The summed E-state index contributed by atoms with van der Waals surface area (Å²) in [5.41, 5.74) is 2.62. The summed E-state index contributed by atoms with van der Waals surface area (Å²) in [5.74, 6) is 1.19. The monoisotopic (exact) mass is 541 g/mol. The topological polar surface area (TPSA) is 61.7 Å². The van der Waals surface area contributed by atoms with Crippen LogP contribution in [-0.4, -0.2) is 75.3 Å². The highest BCUT2D eigenvalue weighted by Gasteiger charge is 2.32. The van der Waals surface area contributed by atoms with Gasteiger partial charge < -0.3 is 14.4 Å². The number of piperazine rings is 1. The van der Waals surface area contributed by atoms with E-state index in [1.54, 1.807) is 23.1 Å². The predicted octanol–water partition coefficient (Wildman–Crippen LogP) is 5.12. The van der Waals surface area contributed by atoms with Gasteiger partial charge in [0.25, 0.3) is 5.91 Å². The molecule has 3 aromatic rings. The van der Waals surface area contributed by atoms with Crippen molar-refractivity contribution in [3.05, 3.63) is 63.9 Å². The number of aromatic nitrogens is 2. The van der Waals surface area contributed by atoms with Crippen molar-refractivity contribution in [3.63, 3.8) is 0 Å². The van der Waals surface area contributed by atoms with Crippen LogP contribution in [0.4, 0.5) is 0 Å². The van der Waals surface area contributed by atoms with Crippen molar-refractivity contribution in [2.75, 3.05) is 39.3 Å². The van der Waals surface area contributed by atoms with Gasteiger partial charge in [0.1, 0.15) is 5.82 Å². The molecule has 196 valence electrons. The average molecular weight is 543 g/mol. The molecule has 0 atom stereocenters. The van der Waals surface area contributed by atoms with E-state index in [2.05, 4.69) is 41.5 Å². The van der Waals surface area contributed by atoms with E-state index in [-0.39, 0.29) is 22.8 Å². The zero-order chi connectivity index (χ0) is 26.1. The maximum absolute atomic E-state index is 13.3. The molecule has 37 heavy (non-hydrogen) atoms. The number of halogens is 2. The van der Waals surface area contributed by atoms with Crippen LogP contribution in [-0.2, 0) is 11.3 Å². The Labute approximate surface area is 227 Å². The van der Waals surface area contributed by atoms with Crippen LogP contribution in [0.5, 0.6) is 0 Å². The van der Waals surface area contributed by atoms with Crippen molar-refractivity contribution in [1.82, 2.24) is 24.3 Å². The molecule has 2 amide bonds. The molecule has 7 nitrogen and oxygen atoms in total. The van der Waals surface area contributed by atoms with E-state index >= 15 is 0 Å². The summed E-state index contributed by atoms with van der Waals surface area (Å²) in [4.78, 5) is 37.2. The smallest absolute Gasteiger partial charge is 0.255 e. The zero-order valence-electron chi connectivity index (χ0n) is 21.4. The molecule has 0 unspecified atom stereocenters. The highest BCUT2D eigenvalue weighted by atomic mass is 35.5. The Morgan fingerprint density at radius 1 is 0.919 bits per heavy atom. The molecule has 2 aliphatic heterocycles. The van der Waals surface area contributed by atoms with Crippen molar-refractivity contribution < 1.29 is 9.59 Å². The number of para-hydroxylation sites is 2. The molecule has 0 N–H and O–H groups in total. The minimum absolute atomic E-state index is 0.0322. The molecule has 2 saturated heterocycles. The van der Waals surface area contributed by atoms with Gasteiger partial charge in [-0.2, -0.15) is 0 Å². The van der Waals surface area contributed by atoms with Crippen LogP contribution in [0, 0.1) is 5.92 Å². The van der Waals surface area contributed by atoms with Crippen LogP contribution in [0.15, 0.2) is 42.5 Å². The van der Waals surface area contributed by atoms with Gasteiger partial charge in [-0.15, -0.1) is 0 Å². The van der Waals surface area contributed by atoms with Crippen LogP contribution in [0.1, 0.15) is 48.9 Å². The number of piperidine rings is 1. The number of carbonyl (C=O) groups is 2. The first kappa shape index (κ1) is 26.0. The van der Waals surface area contributed by atoms with Crippen LogP contribution < -0.4 is 0 Å². The van der Waals surface area contributed by atoms with Crippen molar-refractivity contribution in [2.24, 2.45) is 5.92 Å². The highest BCUT2D eigenvalue weighted by Crippen LogP contribution is 2.28. The lowest BCUT2D eigenvalue weighted by Crippen LogP contribution is -2.53. The molecular weight excluding hydrogens is 509 g/mol. The molecule has 1 aromatic heterocycles. The van der Waals surface area contributed by atoms with E-state index in [0.29, 0.717) is 42.8 Å². The third-order valence-electron chi connectivity index (χ3n) is 7.55. The minimum Gasteiger partial charge on any atom is -0.339 e. The molecule has 9 heteroatoms. The number of likely N-dealkylation sites (tertiary alicyclic amines) is 1. The number of carbonyl (C=O) groups excluding carboxylic acids is 2. The number of hydrogen-bond donors (Lipinski definition) is 0. The van der Waals surface area contributed by atoms with Gasteiger partial charge in [0.2, 0.25) is 5.91 Å². The van der Waals surface area contributed by atoms with Crippen molar-refractivity contribution in [2.45, 2.75) is 39.3 Å². The van der Waals surface area contributed by atoms with Crippen LogP contribution in [0.2, 0.25) is 10.0 Å². The van der Waals surface area contributed by atoms with Gasteiger partial charge in [0.15, 0.2) is 0 Å². The maximum Gasteiger partial charge on any atom is 0.255 e. The van der Waals surface area contributed by atoms with Crippen LogP contribution in [0.25, 0.3) is 11.0 Å². The number of rotatable bonds is 5. The lowest BCUT2D eigenvalue weighted by Gasteiger charge is -2.38. The largest absolute Gasteiger partial charge is 0.339 e. The SMILES string of the molecule is CC(C)n1c(CN2CCC(C(=O)N3CCN(C(=O)c4cccc(Cl)c4Cl)CC3)CC2)nc2ccccc21. The van der Waals surface area contributed by atoms with E-state index in [1.165, 1.54) is 5.52 Å². The first-order chi connectivity index (χ1) is 17.8. The number of nitrogens with zero attached hydrogens (tertiary/aromatic N) is 5. The summed E-state index contributed by atoms with van der Waals surface area (Å²) in [6.07, 6.45) is 1.69. The summed E-state index contributed by atoms with van der Waals surface area (Å²) in [7, 11) is 0. The average Bonchev–Trinajstić information content (AvgIpc) is 3.28. The molecule has 0 spiro atoms. The second kappa shape index (κ2) is 11.0. The fraction of sp³-hybridized carbons (Fsp3) is 0.464. The fourth-order valence-corrected chi connectivity index (χ4v) is 5.93. The van der Waals surface area contributed by atoms with Gasteiger partial charge in [-0.3, -0.25) is 14.5 Å². The van der Waals surface area contributed by atoms with E-state index in [9.17, 15) is 9.59 Å². The Morgan fingerprint density at radius 3 is 2.30 bits per heavy atom. The molecular formula is C28H33Cl2N5O2. The zero-order valence-corrected chi connectivity index (χ0v) is 22.9. The molecule has 0 radical (unpaired) electrons. The van der Waals surface area contributed by atoms with Gasteiger partial charge in [-0.1, -0.05) is 41.4 Å². The van der Waals surface area contributed by atoms with E-state index in [1.807, 2.05) is 11.0 Å². The van der Waals surface area contributed by atoms with Crippen molar-refractivity contribution >= 4 is 46.0 Å². The molecule has 0 bridgehead atoms. The standard InChI is InChI=1S/C28H33Cl2N5O2/c1-19(2)35-24-9-4-3-8-23(24)31-25(35)18-32-12-10-20(11-13-32)27(36)33-14-16-34(17-15-33)28(37)21-6-5-7-22(29)26(21)30/h3-9,19-20H,10-18H2,1-2H3.